The lowest BCUT2D eigenvalue weighted by Crippen LogP contribution is -2.15. The van der Waals surface area contributed by atoms with E-state index >= 15 is 0 Å². The summed E-state index contributed by atoms with van der Waals surface area (Å²) in [5.74, 6) is -1.50. The predicted molar refractivity (Wildman–Crippen MR) is 94.2 cm³/mol. The Morgan fingerprint density at radius 1 is 1.38 bits per heavy atom. The number of aliphatic hydroxyl groups excluding tert-OH is 1. The molecule has 0 radical (unpaired) electrons. The van der Waals surface area contributed by atoms with Crippen LogP contribution in [0.25, 0.3) is 9.88 Å². The van der Waals surface area contributed by atoms with Crippen molar-refractivity contribution >= 4 is 40.1 Å². The molecule has 2 heterocycles. The van der Waals surface area contributed by atoms with Crippen molar-refractivity contribution in [3.63, 3.8) is 0 Å². The van der Waals surface area contributed by atoms with Crippen molar-refractivity contribution in [1.29, 1.82) is 5.41 Å². The van der Waals surface area contributed by atoms with E-state index < -0.39 is 24.1 Å². The molecular formula is C16H16N2O4S2. The van der Waals surface area contributed by atoms with Crippen LogP contribution in [-0.4, -0.2) is 34.2 Å². The van der Waals surface area contributed by atoms with Gasteiger partial charge in [0.05, 0.1) is 16.1 Å². The van der Waals surface area contributed by atoms with E-state index in [1.807, 2.05) is 17.5 Å². The highest BCUT2D eigenvalue weighted by Gasteiger charge is 2.20. The van der Waals surface area contributed by atoms with E-state index in [9.17, 15) is 14.7 Å². The van der Waals surface area contributed by atoms with Gasteiger partial charge in [-0.1, -0.05) is 6.07 Å². The van der Waals surface area contributed by atoms with Crippen LogP contribution in [0.3, 0.4) is 0 Å². The molecule has 0 aliphatic rings. The number of esters is 1. The van der Waals surface area contributed by atoms with Crippen molar-refractivity contribution < 1.29 is 19.4 Å². The highest BCUT2D eigenvalue weighted by Crippen LogP contribution is 2.31. The van der Waals surface area contributed by atoms with Crippen molar-refractivity contribution in [3.8, 4) is 9.88 Å². The number of allylic oxidation sites excluding steroid dienone is 1. The summed E-state index contributed by atoms with van der Waals surface area (Å²) in [7, 11) is 0. The Kier molecular flexibility index (Phi) is 5.63. The molecule has 0 saturated carbocycles. The molecule has 0 fully saturated rings. The van der Waals surface area contributed by atoms with Crippen LogP contribution in [0, 0.1) is 12.3 Å². The topological polar surface area (TPSA) is 100 Å². The van der Waals surface area contributed by atoms with Crippen molar-refractivity contribution in [3.05, 3.63) is 39.4 Å². The number of aromatic nitrogens is 1. The third-order valence-electron chi connectivity index (χ3n) is 3.07. The second-order valence-electron chi connectivity index (χ2n) is 4.99. The maximum Gasteiger partial charge on any atom is 0.350 e. The number of Topliss-reactive ketones (excluding diaryl/α,β-unsaturated/α-hetero) is 1. The van der Waals surface area contributed by atoms with E-state index in [2.05, 4.69) is 4.98 Å². The number of nitrogens with zero attached hydrogens (tertiary/aromatic N) is 1. The Hall–Kier alpha value is -2.32. The molecule has 8 heteroatoms. The largest absolute Gasteiger partial charge is 0.508 e. The molecule has 2 aromatic heterocycles. The third-order valence-corrected chi connectivity index (χ3v) is 5.25. The number of rotatable bonds is 6. The molecule has 24 heavy (non-hydrogen) atoms. The molecule has 0 unspecified atom stereocenters. The summed E-state index contributed by atoms with van der Waals surface area (Å²) in [6.45, 7) is 3.87. The van der Waals surface area contributed by atoms with Crippen LogP contribution in [0.2, 0.25) is 0 Å². The van der Waals surface area contributed by atoms with E-state index in [1.54, 1.807) is 6.92 Å². The number of carbonyl (C=O) groups is 2. The molecule has 126 valence electrons. The molecule has 2 rings (SSSR count). The van der Waals surface area contributed by atoms with E-state index in [0.717, 1.165) is 9.88 Å². The Morgan fingerprint density at radius 3 is 2.62 bits per heavy atom. The molecule has 0 atom stereocenters. The number of aryl methyl sites for hydroxylation is 1. The van der Waals surface area contributed by atoms with Gasteiger partial charge in [0.25, 0.3) is 0 Å². The molecule has 0 aromatic carbocycles. The van der Waals surface area contributed by atoms with E-state index in [0.29, 0.717) is 10.6 Å². The minimum Gasteiger partial charge on any atom is -0.508 e. The van der Waals surface area contributed by atoms with E-state index in [4.69, 9.17) is 10.1 Å². The number of hydrogen-bond donors (Lipinski definition) is 2. The van der Waals surface area contributed by atoms with E-state index in [1.165, 1.54) is 36.5 Å². The van der Waals surface area contributed by atoms with Crippen molar-refractivity contribution in [2.45, 2.75) is 20.8 Å². The predicted octanol–water partition coefficient (Wildman–Crippen LogP) is 3.78. The summed E-state index contributed by atoms with van der Waals surface area (Å²) in [6.07, 6.45) is 0. The van der Waals surface area contributed by atoms with Crippen molar-refractivity contribution in [2.75, 3.05) is 6.61 Å². The lowest BCUT2D eigenvalue weighted by Gasteiger charge is -2.07. The highest BCUT2D eigenvalue weighted by atomic mass is 32.1. The summed E-state index contributed by atoms with van der Waals surface area (Å²) in [5.41, 5.74) is 0.333. The molecule has 0 saturated heterocycles. The maximum atomic E-state index is 12.2. The normalized spacial score (nSPS) is 11.8. The third kappa shape index (κ3) is 3.95. The van der Waals surface area contributed by atoms with Gasteiger partial charge in [-0.15, -0.1) is 22.7 Å². The fourth-order valence-electron chi connectivity index (χ4n) is 2.05. The monoisotopic (exact) mass is 364 g/mol. The molecule has 6 nitrogen and oxygen atoms in total. The average Bonchev–Trinajstić information content (AvgIpc) is 3.13. The lowest BCUT2D eigenvalue weighted by molar-refractivity contribution is -0.113. The zero-order chi connectivity index (χ0) is 17.9. The summed E-state index contributed by atoms with van der Waals surface area (Å²) in [4.78, 5) is 29.3. The lowest BCUT2D eigenvalue weighted by atomic mass is 10.1. The second-order valence-corrected chi connectivity index (χ2v) is 6.94. The molecule has 0 amide bonds. The number of thiophene rings is 1. The number of ketones is 1. The number of hydrogen-bond acceptors (Lipinski definition) is 8. The van der Waals surface area contributed by atoms with Gasteiger partial charge in [0, 0.05) is 5.71 Å². The first-order chi connectivity index (χ1) is 11.3. The minimum absolute atomic E-state index is 0.0787. The molecule has 0 bridgehead atoms. The van der Waals surface area contributed by atoms with Crippen LogP contribution >= 0.6 is 22.7 Å². The fraction of sp³-hybridized carbons (Fsp3) is 0.250. The van der Waals surface area contributed by atoms with Gasteiger partial charge >= 0.3 is 5.97 Å². The fourth-order valence-corrected chi connectivity index (χ4v) is 3.80. The Labute approximate surface area is 146 Å². The molecule has 2 aromatic rings. The molecular weight excluding hydrogens is 348 g/mol. The highest BCUT2D eigenvalue weighted by molar-refractivity contribution is 7.22. The first-order valence-electron chi connectivity index (χ1n) is 6.98. The summed E-state index contributed by atoms with van der Waals surface area (Å²) >= 11 is 2.74. The van der Waals surface area contributed by atoms with Crippen LogP contribution in [0.1, 0.15) is 29.2 Å². The first-order valence-corrected chi connectivity index (χ1v) is 8.67. The number of nitrogens with one attached hydrogen (secondary N) is 1. The smallest absolute Gasteiger partial charge is 0.350 e. The quantitative estimate of drug-likeness (QED) is 0.352. The van der Waals surface area contributed by atoms with Crippen LogP contribution in [0.5, 0.6) is 0 Å². The van der Waals surface area contributed by atoms with Crippen LogP contribution < -0.4 is 0 Å². The number of ether oxygens (including phenoxy) is 1. The van der Waals surface area contributed by atoms with Gasteiger partial charge in [0.1, 0.15) is 22.3 Å². The van der Waals surface area contributed by atoms with Crippen LogP contribution in [0.15, 0.2) is 28.8 Å². The zero-order valence-electron chi connectivity index (χ0n) is 13.4. The zero-order valence-corrected chi connectivity index (χ0v) is 15.0. The summed E-state index contributed by atoms with van der Waals surface area (Å²) in [6, 6.07) is 3.82. The van der Waals surface area contributed by atoms with Gasteiger partial charge in [0.2, 0.25) is 0 Å². The SMILES string of the molecule is CC(=N)/C(C(C)=O)=C(/O)COC(=O)c1sc(-c2cccs2)nc1C. The number of thiazole rings is 1. The van der Waals surface area contributed by atoms with Gasteiger partial charge in [-0.3, -0.25) is 4.79 Å². The average molecular weight is 364 g/mol. The summed E-state index contributed by atoms with van der Waals surface area (Å²) < 4.78 is 5.06. The minimum atomic E-state index is -0.620. The Bertz CT molecular complexity index is 803. The van der Waals surface area contributed by atoms with Gasteiger partial charge < -0.3 is 15.3 Å². The Morgan fingerprint density at radius 2 is 2.08 bits per heavy atom. The van der Waals surface area contributed by atoms with Crippen molar-refractivity contribution in [1.82, 2.24) is 4.98 Å². The van der Waals surface area contributed by atoms with Crippen molar-refractivity contribution in [2.24, 2.45) is 0 Å². The maximum absolute atomic E-state index is 12.2. The standard InChI is InChI=1S/C16H16N2O4S2/c1-8(17)13(10(3)19)11(20)7-22-16(21)14-9(2)18-15(24-14)12-5-4-6-23-12/h4-6,17,20H,7H2,1-3H3/b13-11-,17-8?. The molecule has 0 aliphatic heterocycles. The second kappa shape index (κ2) is 7.50. The van der Waals surface area contributed by atoms with Crippen LogP contribution in [0.4, 0.5) is 0 Å². The molecule has 2 N–H and O–H groups in total. The van der Waals surface area contributed by atoms with E-state index in [-0.39, 0.29) is 11.3 Å². The first kappa shape index (κ1) is 18.0. The molecule has 0 aliphatic carbocycles. The summed E-state index contributed by atoms with van der Waals surface area (Å²) in [5, 5.41) is 20.1. The van der Waals surface area contributed by atoms with Gasteiger partial charge in [-0.2, -0.15) is 0 Å². The molecule has 0 spiro atoms. The number of carbonyl (C=O) groups excluding carboxylic acids is 2. The van der Waals surface area contributed by atoms with Gasteiger partial charge in [-0.05, 0) is 32.2 Å². The van der Waals surface area contributed by atoms with Gasteiger partial charge in [-0.25, -0.2) is 9.78 Å². The van der Waals surface area contributed by atoms with Crippen LogP contribution in [-0.2, 0) is 9.53 Å². The number of aliphatic hydroxyl groups is 1. The van der Waals surface area contributed by atoms with Gasteiger partial charge in [0.15, 0.2) is 5.78 Å². The Balaban J connectivity index is 2.15.